The Labute approximate surface area is 166 Å². The van der Waals surface area contributed by atoms with Gasteiger partial charge in [-0.2, -0.15) is 5.26 Å². The Hall–Kier alpha value is -2.93. The molecule has 0 amide bonds. The molecule has 1 N–H and O–H groups in total. The van der Waals surface area contributed by atoms with Gasteiger partial charge in [0.05, 0.1) is 12.7 Å². The summed E-state index contributed by atoms with van der Waals surface area (Å²) in [4.78, 5) is 0. The molecule has 3 aromatic carbocycles. The Balaban J connectivity index is 2.19. The maximum absolute atomic E-state index is 10.2. The lowest BCUT2D eigenvalue weighted by Crippen LogP contribution is -2.40. The maximum atomic E-state index is 10.2. The molecule has 142 valence electrons. The molecule has 28 heavy (non-hydrogen) atoms. The molecule has 0 saturated heterocycles. The van der Waals surface area contributed by atoms with Crippen LogP contribution in [-0.4, -0.2) is 17.8 Å². The fraction of sp³-hybridized carbons (Fsp3) is 0.240. The molecule has 0 spiro atoms. The number of benzene rings is 3. The third-order valence-electron chi connectivity index (χ3n) is 5.06. The number of hydrogen-bond acceptors (Lipinski definition) is 3. The van der Waals surface area contributed by atoms with Gasteiger partial charge in [0, 0.05) is 5.41 Å². The normalized spacial score (nSPS) is 12.9. The average Bonchev–Trinajstić information content (AvgIpc) is 2.76. The highest BCUT2D eigenvalue weighted by Crippen LogP contribution is 2.41. The van der Waals surface area contributed by atoms with Crippen molar-refractivity contribution in [3.63, 3.8) is 0 Å². The topological polar surface area (TPSA) is 53.2 Å². The molecule has 0 saturated carbocycles. The summed E-state index contributed by atoms with van der Waals surface area (Å²) in [5.41, 5.74) is 1.41. The number of nitriles is 1. The fourth-order valence-electron chi connectivity index (χ4n) is 3.32. The first-order chi connectivity index (χ1) is 13.5. The molecule has 1 atom stereocenters. The molecule has 0 aliphatic rings. The fourth-order valence-corrected chi connectivity index (χ4v) is 3.32. The van der Waals surface area contributed by atoms with E-state index in [1.54, 1.807) is 0 Å². The highest BCUT2D eigenvalue weighted by molar-refractivity contribution is 5.47. The van der Waals surface area contributed by atoms with Crippen molar-refractivity contribution in [2.75, 3.05) is 6.61 Å². The van der Waals surface area contributed by atoms with Crippen molar-refractivity contribution in [3.05, 3.63) is 108 Å². The summed E-state index contributed by atoms with van der Waals surface area (Å²) in [5.74, 6) is 0. The summed E-state index contributed by atoms with van der Waals surface area (Å²) in [7, 11) is 0. The van der Waals surface area contributed by atoms with Gasteiger partial charge >= 0.3 is 0 Å². The predicted octanol–water partition coefficient (Wildman–Crippen LogP) is 4.91. The minimum absolute atomic E-state index is 0.209. The van der Waals surface area contributed by atoms with E-state index in [4.69, 9.17) is 4.74 Å². The van der Waals surface area contributed by atoms with Crippen LogP contribution in [0.1, 0.15) is 30.5 Å². The van der Waals surface area contributed by atoms with Crippen LogP contribution in [0.25, 0.3) is 0 Å². The van der Waals surface area contributed by atoms with Crippen LogP contribution in [0.2, 0.25) is 0 Å². The number of aliphatic hydroxyl groups excluding tert-OH is 1. The van der Waals surface area contributed by atoms with Gasteiger partial charge in [-0.05, 0) is 16.7 Å². The zero-order valence-electron chi connectivity index (χ0n) is 16.2. The van der Waals surface area contributed by atoms with Crippen LogP contribution < -0.4 is 0 Å². The largest absolute Gasteiger partial charge is 0.377 e. The molecular weight excluding hydrogens is 346 g/mol. The Morgan fingerprint density at radius 3 is 1.46 bits per heavy atom. The second kappa shape index (κ2) is 8.39. The first-order valence-electron chi connectivity index (χ1n) is 9.39. The molecule has 0 aliphatic carbocycles. The summed E-state index contributed by atoms with van der Waals surface area (Å²) < 4.78 is 6.66. The van der Waals surface area contributed by atoms with Crippen LogP contribution in [0, 0.1) is 16.7 Å². The molecule has 0 aliphatic heterocycles. The third kappa shape index (κ3) is 3.84. The molecular formula is C25H25NO2. The lowest BCUT2D eigenvalue weighted by molar-refractivity contribution is -0.0597. The standard InChI is InChI=1S/C25H25NO2/c1-24(2,23(27)18-26)19-28-25(20-12-6-3-7-13-20,21-14-8-4-9-15-21)22-16-10-5-11-17-22/h3-17,23,27H,19H2,1-2H3/t23-/m0/s1. The van der Waals surface area contributed by atoms with Gasteiger partial charge in [0.25, 0.3) is 0 Å². The molecule has 0 fully saturated rings. The van der Waals surface area contributed by atoms with E-state index in [0.717, 1.165) is 16.7 Å². The van der Waals surface area contributed by atoms with Gasteiger partial charge in [0.1, 0.15) is 11.7 Å². The van der Waals surface area contributed by atoms with Crippen molar-refractivity contribution in [1.29, 1.82) is 5.26 Å². The molecule has 3 aromatic rings. The first-order valence-corrected chi connectivity index (χ1v) is 9.39. The molecule has 0 unspecified atom stereocenters. The van der Waals surface area contributed by atoms with Crippen molar-refractivity contribution in [3.8, 4) is 6.07 Å². The molecule has 3 rings (SSSR count). The van der Waals surface area contributed by atoms with Gasteiger partial charge in [0.2, 0.25) is 0 Å². The number of ether oxygens (including phenoxy) is 1. The first kappa shape index (κ1) is 19.8. The average molecular weight is 371 g/mol. The van der Waals surface area contributed by atoms with E-state index < -0.39 is 17.1 Å². The number of aliphatic hydroxyl groups is 1. The number of hydrogen-bond donors (Lipinski definition) is 1. The smallest absolute Gasteiger partial charge is 0.147 e. The SMILES string of the molecule is CC(C)(COC(c1ccccc1)(c1ccccc1)c1ccccc1)[C@@H](O)C#N. The number of nitrogens with zero attached hydrogens (tertiary/aromatic N) is 1. The molecule has 0 bridgehead atoms. The Morgan fingerprint density at radius 1 is 0.786 bits per heavy atom. The van der Waals surface area contributed by atoms with E-state index in [0.29, 0.717) is 0 Å². The van der Waals surface area contributed by atoms with Crippen LogP contribution in [0.3, 0.4) is 0 Å². The van der Waals surface area contributed by atoms with Crippen molar-refractivity contribution < 1.29 is 9.84 Å². The molecule has 3 heteroatoms. The predicted molar refractivity (Wildman–Crippen MR) is 111 cm³/mol. The quantitative estimate of drug-likeness (QED) is 0.474. The van der Waals surface area contributed by atoms with E-state index >= 15 is 0 Å². The van der Waals surface area contributed by atoms with Crippen LogP contribution in [-0.2, 0) is 10.3 Å². The lowest BCUT2D eigenvalue weighted by atomic mass is 9.79. The van der Waals surface area contributed by atoms with Crippen LogP contribution in [0.15, 0.2) is 91.0 Å². The van der Waals surface area contributed by atoms with E-state index in [1.165, 1.54) is 0 Å². The van der Waals surface area contributed by atoms with Crippen LogP contribution in [0.4, 0.5) is 0 Å². The zero-order valence-corrected chi connectivity index (χ0v) is 16.2. The van der Waals surface area contributed by atoms with Crippen molar-refractivity contribution in [1.82, 2.24) is 0 Å². The van der Waals surface area contributed by atoms with Gasteiger partial charge in [0.15, 0.2) is 0 Å². The van der Waals surface area contributed by atoms with Gasteiger partial charge < -0.3 is 9.84 Å². The van der Waals surface area contributed by atoms with Crippen LogP contribution >= 0.6 is 0 Å². The van der Waals surface area contributed by atoms with Gasteiger partial charge in [-0.3, -0.25) is 0 Å². The van der Waals surface area contributed by atoms with E-state index in [9.17, 15) is 10.4 Å². The van der Waals surface area contributed by atoms with E-state index in [2.05, 4.69) is 0 Å². The van der Waals surface area contributed by atoms with Gasteiger partial charge in [-0.25, -0.2) is 0 Å². The molecule has 0 aromatic heterocycles. The third-order valence-corrected chi connectivity index (χ3v) is 5.06. The maximum Gasteiger partial charge on any atom is 0.147 e. The van der Waals surface area contributed by atoms with Gasteiger partial charge in [-0.15, -0.1) is 0 Å². The molecule has 0 radical (unpaired) electrons. The lowest BCUT2D eigenvalue weighted by Gasteiger charge is -2.39. The zero-order chi connectivity index (χ0) is 20.0. The second-order valence-electron chi connectivity index (χ2n) is 7.59. The Bertz CT molecular complexity index is 818. The van der Waals surface area contributed by atoms with E-state index in [1.807, 2.05) is 111 Å². The van der Waals surface area contributed by atoms with Crippen molar-refractivity contribution >= 4 is 0 Å². The minimum atomic E-state index is -1.12. The van der Waals surface area contributed by atoms with E-state index in [-0.39, 0.29) is 6.61 Å². The minimum Gasteiger partial charge on any atom is -0.377 e. The van der Waals surface area contributed by atoms with Gasteiger partial charge in [-0.1, -0.05) is 105 Å². The van der Waals surface area contributed by atoms with Crippen molar-refractivity contribution in [2.24, 2.45) is 5.41 Å². The highest BCUT2D eigenvalue weighted by atomic mass is 16.5. The second-order valence-corrected chi connectivity index (χ2v) is 7.59. The molecule has 0 heterocycles. The van der Waals surface area contributed by atoms with Crippen LogP contribution in [0.5, 0.6) is 0 Å². The summed E-state index contributed by atoms with van der Waals surface area (Å²) >= 11 is 0. The van der Waals surface area contributed by atoms with Crippen molar-refractivity contribution in [2.45, 2.75) is 25.6 Å². The summed E-state index contributed by atoms with van der Waals surface area (Å²) in [6, 6.07) is 32.1. The monoisotopic (exact) mass is 371 g/mol. The Morgan fingerprint density at radius 2 is 1.14 bits per heavy atom. The summed E-state index contributed by atoms with van der Waals surface area (Å²) in [5, 5.41) is 19.3. The highest BCUT2D eigenvalue weighted by Gasteiger charge is 2.40. The Kier molecular flexibility index (Phi) is 5.94. The number of rotatable bonds is 7. The molecule has 3 nitrogen and oxygen atoms in total. The summed E-state index contributed by atoms with van der Waals surface area (Å²) in [6.07, 6.45) is -1.12. The summed E-state index contributed by atoms with van der Waals surface area (Å²) in [6.45, 7) is 3.89.